The predicted molar refractivity (Wildman–Crippen MR) is 57.3 cm³/mol. The van der Waals surface area contributed by atoms with Crippen molar-refractivity contribution in [3.05, 3.63) is 12.3 Å². The van der Waals surface area contributed by atoms with Gasteiger partial charge in [0.15, 0.2) is 11.3 Å². The van der Waals surface area contributed by atoms with Crippen LogP contribution in [-0.4, -0.2) is 44.0 Å². The molecular weight excluding hydrogens is 211 g/mol. The third-order valence-electron chi connectivity index (χ3n) is 2.24. The Labute approximate surface area is 103 Å². The molecule has 2 atom stereocenters. The van der Waals surface area contributed by atoms with Crippen LogP contribution in [0.1, 0.15) is 25.5 Å². The molecule has 1 fully saturated rings. The minimum absolute atomic E-state index is 0. The molecule has 7 heteroatoms. The van der Waals surface area contributed by atoms with E-state index in [0.717, 1.165) is 19.3 Å². The van der Waals surface area contributed by atoms with Crippen LogP contribution in [0, 0.1) is 0 Å². The quantitative estimate of drug-likeness (QED) is 0.587. The Kier molecular flexibility index (Phi) is 5.03. The summed E-state index contributed by atoms with van der Waals surface area (Å²) in [6.45, 7) is 0.696. The first-order valence-corrected chi connectivity index (χ1v) is 5.65. The van der Waals surface area contributed by atoms with Crippen LogP contribution >= 0.6 is 0 Å². The molecule has 1 N–H and O–H groups in total. The van der Waals surface area contributed by atoms with Gasteiger partial charge >= 0.3 is 18.9 Å². The number of ether oxygens (including phenoxy) is 1. The van der Waals surface area contributed by atoms with E-state index in [0.29, 0.717) is 11.6 Å². The van der Waals surface area contributed by atoms with Crippen LogP contribution in [0.25, 0.3) is 0 Å². The van der Waals surface area contributed by atoms with E-state index >= 15 is 0 Å². The van der Waals surface area contributed by atoms with E-state index in [1.54, 1.807) is 0 Å². The van der Waals surface area contributed by atoms with Gasteiger partial charge < -0.3 is 9.29 Å². The fraction of sp³-hybridized carbons (Fsp3) is 0.625. The normalized spacial score (nSPS) is 23.1. The molecule has 5 nitrogen and oxygen atoms in total. The van der Waals surface area contributed by atoms with Crippen LogP contribution in [0.4, 0.5) is 0 Å². The van der Waals surface area contributed by atoms with Gasteiger partial charge in [0.25, 0.3) is 0 Å². The zero-order valence-electron chi connectivity index (χ0n) is 7.63. The summed E-state index contributed by atoms with van der Waals surface area (Å²) in [6, 6.07) is 1.54. The fourth-order valence-electron chi connectivity index (χ4n) is 1.57. The standard InChI is InChI=1S/C8H12N2O3S.Li.H/c11-14(12)8-4-5-9-10(8)7-3-1-2-6-13-7;;/h4-5,7H,1-3,6H2,(H,11,12);;. The number of nitrogens with zero attached hydrogens (tertiary/aromatic N) is 2. The third-order valence-corrected chi connectivity index (χ3v) is 2.92. The van der Waals surface area contributed by atoms with Crippen molar-refractivity contribution in [2.24, 2.45) is 0 Å². The van der Waals surface area contributed by atoms with Crippen LogP contribution in [0.3, 0.4) is 0 Å². The van der Waals surface area contributed by atoms with Crippen LogP contribution in [0.2, 0.25) is 0 Å². The van der Waals surface area contributed by atoms with Gasteiger partial charge in [0, 0.05) is 6.61 Å². The molecule has 1 aliphatic heterocycles. The molecule has 1 aromatic heterocycles. The maximum atomic E-state index is 10.9. The summed E-state index contributed by atoms with van der Waals surface area (Å²) in [6.07, 6.45) is 4.31. The van der Waals surface area contributed by atoms with Gasteiger partial charge in [-0.05, 0) is 25.3 Å². The molecule has 15 heavy (non-hydrogen) atoms. The fourth-order valence-corrected chi connectivity index (χ4v) is 2.08. The van der Waals surface area contributed by atoms with Gasteiger partial charge in [-0.1, -0.05) is 0 Å². The van der Waals surface area contributed by atoms with E-state index in [-0.39, 0.29) is 25.1 Å². The van der Waals surface area contributed by atoms with Crippen molar-refractivity contribution in [1.29, 1.82) is 0 Å². The summed E-state index contributed by atoms with van der Waals surface area (Å²) in [7, 11) is 0. The Morgan fingerprint density at radius 3 is 3.00 bits per heavy atom. The Morgan fingerprint density at radius 1 is 1.60 bits per heavy atom. The molecule has 1 saturated heterocycles. The molecule has 0 bridgehead atoms. The van der Waals surface area contributed by atoms with Crippen molar-refractivity contribution in [3.63, 3.8) is 0 Å². The van der Waals surface area contributed by atoms with Crippen molar-refractivity contribution >= 4 is 29.9 Å². The number of hydrogen-bond donors (Lipinski definition) is 1. The SMILES string of the molecule is O=S(O)c1ccnn1C1CCCCO1.[LiH]. The molecule has 0 spiro atoms. The van der Waals surface area contributed by atoms with E-state index in [4.69, 9.17) is 9.29 Å². The molecule has 2 rings (SSSR count). The van der Waals surface area contributed by atoms with Gasteiger partial charge in [0.1, 0.15) is 0 Å². The molecule has 2 unspecified atom stereocenters. The maximum absolute atomic E-state index is 10.9. The number of rotatable bonds is 2. The molecule has 0 radical (unpaired) electrons. The van der Waals surface area contributed by atoms with Crippen molar-refractivity contribution in [2.45, 2.75) is 30.5 Å². The Bertz CT molecular complexity index is 338. The van der Waals surface area contributed by atoms with Crippen LogP contribution < -0.4 is 0 Å². The molecule has 2 heterocycles. The van der Waals surface area contributed by atoms with Gasteiger partial charge in [-0.15, -0.1) is 0 Å². The summed E-state index contributed by atoms with van der Waals surface area (Å²) < 4.78 is 26.9. The monoisotopic (exact) mass is 224 g/mol. The average molecular weight is 224 g/mol. The summed E-state index contributed by atoms with van der Waals surface area (Å²) >= 11 is -1.99. The second-order valence-corrected chi connectivity index (χ2v) is 4.10. The van der Waals surface area contributed by atoms with Crippen molar-refractivity contribution < 1.29 is 13.5 Å². The molecular formula is C8H13LiN2O3S. The first-order valence-electron chi connectivity index (χ1n) is 4.55. The minimum atomic E-state index is -1.99. The van der Waals surface area contributed by atoms with Crippen LogP contribution in [0.5, 0.6) is 0 Å². The predicted octanol–water partition coefficient (Wildman–Crippen LogP) is 0.514. The van der Waals surface area contributed by atoms with Crippen molar-refractivity contribution in [2.75, 3.05) is 6.61 Å². The van der Waals surface area contributed by atoms with Crippen LogP contribution in [-0.2, 0) is 15.8 Å². The van der Waals surface area contributed by atoms with Gasteiger partial charge in [-0.25, -0.2) is 8.89 Å². The zero-order chi connectivity index (χ0) is 9.97. The second-order valence-electron chi connectivity index (χ2n) is 3.18. The molecule has 1 aliphatic rings. The number of hydrogen-bond acceptors (Lipinski definition) is 3. The third kappa shape index (κ3) is 2.92. The molecule has 1 aromatic rings. The average Bonchev–Trinajstić information content (AvgIpc) is 2.67. The first-order chi connectivity index (χ1) is 6.79. The summed E-state index contributed by atoms with van der Waals surface area (Å²) in [5.74, 6) is 0. The first kappa shape index (κ1) is 12.9. The molecule has 0 aromatic carbocycles. The Hall–Kier alpha value is -0.123. The van der Waals surface area contributed by atoms with E-state index < -0.39 is 11.1 Å². The molecule has 0 amide bonds. The molecule has 80 valence electrons. The van der Waals surface area contributed by atoms with Gasteiger partial charge in [-0.3, -0.25) is 0 Å². The van der Waals surface area contributed by atoms with Crippen molar-refractivity contribution in [3.8, 4) is 0 Å². The topological polar surface area (TPSA) is 64.3 Å². The molecule has 0 aliphatic carbocycles. The zero-order valence-corrected chi connectivity index (χ0v) is 8.44. The second kappa shape index (κ2) is 5.82. The van der Waals surface area contributed by atoms with E-state index in [2.05, 4.69) is 5.10 Å². The van der Waals surface area contributed by atoms with Crippen molar-refractivity contribution in [1.82, 2.24) is 9.78 Å². The Balaban J connectivity index is 0.00000112. The summed E-state index contributed by atoms with van der Waals surface area (Å²) in [4.78, 5) is 0. The number of aromatic nitrogens is 2. The van der Waals surface area contributed by atoms with Gasteiger partial charge in [0.2, 0.25) is 11.1 Å². The molecule has 0 saturated carbocycles. The summed E-state index contributed by atoms with van der Waals surface area (Å²) in [5.41, 5.74) is 0. The van der Waals surface area contributed by atoms with E-state index in [1.807, 2.05) is 0 Å². The summed E-state index contributed by atoms with van der Waals surface area (Å²) in [5, 5.41) is 4.30. The van der Waals surface area contributed by atoms with E-state index in [1.165, 1.54) is 16.9 Å². The Morgan fingerprint density at radius 2 is 2.40 bits per heavy atom. The van der Waals surface area contributed by atoms with Gasteiger partial charge in [0.05, 0.1) is 6.20 Å². The van der Waals surface area contributed by atoms with Gasteiger partial charge in [-0.2, -0.15) is 5.10 Å². The van der Waals surface area contributed by atoms with E-state index in [9.17, 15) is 4.21 Å². The van der Waals surface area contributed by atoms with Crippen LogP contribution in [0.15, 0.2) is 17.3 Å².